The van der Waals surface area contributed by atoms with Gasteiger partial charge in [0.25, 0.3) is 11.4 Å². The van der Waals surface area contributed by atoms with Crippen molar-refractivity contribution >= 4 is 47.0 Å². The minimum absolute atomic E-state index is 0.0287. The largest absolute Gasteiger partial charge is 0.456 e. The van der Waals surface area contributed by atoms with Crippen LogP contribution in [0.4, 0.5) is 16.2 Å². The van der Waals surface area contributed by atoms with Gasteiger partial charge in [-0.25, -0.2) is 9.59 Å². The molecule has 2 saturated heterocycles. The van der Waals surface area contributed by atoms with Crippen LogP contribution in [0.15, 0.2) is 59.1 Å². The highest BCUT2D eigenvalue weighted by Gasteiger charge is 2.60. The average Bonchev–Trinajstić information content (AvgIpc) is 3.63. The molecular weight excluding hydrogens is 686 g/mol. The lowest BCUT2D eigenvalue weighted by Crippen LogP contribution is -2.63. The molecule has 0 radical (unpaired) electrons. The summed E-state index contributed by atoms with van der Waals surface area (Å²) in [4.78, 5) is 78.8. The van der Waals surface area contributed by atoms with Crippen molar-refractivity contribution in [1.82, 2.24) is 14.7 Å². The summed E-state index contributed by atoms with van der Waals surface area (Å²) in [7, 11) is 3.13. The van der Waals surface area contributed by atoms with Crippen molar-refractivity contribution in [1.29, 1.82) is 0 Å². The van der Waals surface area contributed by atoms with E-state index in [2.05, 4.69) is 12.8 Å². The van der Waals surface area contributed by atoms with Crippen LogP contribution in [0, 0.1) is 44.9 Å². The number of nitro benzene ring substituents is 2. The first kappa shape index (κ1) is 38.3. The number of esters is 1. The summed E-state index contributed by atoms with van der Waals surface area (Å²) < 4.78 is 11.1. The number of ether oxygens (including phenoxy) is 2. The van der Waals surface area contributed by atoms with Crippen molar-refractivity contribution < 1.29 is 43.6 Å². The lowest BCUT2D eigenvalue weighted by atomic mass is 9.79. The fourth-order valence-electron chi connectivity index (χ4n) is 6.34. The molecule has 5 rings (SSSR count). The summed E-state index contributed by atoms with van der Waals surface area (Å²) in [6.07, 6.45) is 6.49. The Bertz CT molecular complexity index is 1740. The number of hydrogen-bond donors (Lipinski definition) is 1. The summed E-state index contributed by atoms with van der Waals surface area (Å²) in [5, 5.41) is 31.9. The number of β-lactam (4-membered cyclic amide) rings is 1. The molecule has 6 atom stereocenters. The molecule has 3 aliphatic rings. The first-order chi connectivity index (χ1) is 24.2. The molecule has 2 fully saturated rings. The van der Waals surface area contributed by atoms with Crippen molar-refractivity contribution in [3.8, 4) is 12.8 Å². The van der Waals surface area contributed by atoms with E-state index in [0.29, 0.717) is 16.0 Å². The summed E-state index contributed by atoms with van der Waals surface area (Å²) in [6.45, 7) is 3.04. The Balaban J connectivity index is 0.00000286. The summed E-state index contributed by atoms with van der Waals surface area (Å²) >= 11 is 1.27. The standard InChI is InChI=1S/C32H35N5O11S.C2H2/c1-17-26-25(18(2)38)30(40)35(26)27(31(41)47-15-19-5-9-21(10-6-19)36(43)44)28(17)49-23-13-24(29(39)33(3)4)34(14-23)32(42)48-16-20-7-11-22(12-8-20)37(45)46;1-2/h5-12,17-18,23-26,38H,13-16H2,1-4H3;1-2H/t17-,18-,23+,24+,25-,26?;/m1./s1. The number of thioether (sulfide) groups is 1. The molecule has 2 aromatic rings. The quantitative estimate of drug-likeness (QED) is 0.116. The molecule has 51 heavy (non-hydrogen) atoms. The number of amides is 3. The van der Waals surface area contributed by atoms with Gasteiger partial charge in [0.2, 0.25) is 11.8 Å². The number of non-ortho nitro benzene ring substituents is 2. The zero-order valence-corrected chi connectivity index (χ0v) is 29.1. The van der Waals surface area contributed by atoms with E-state index in [1.165, 1.54) is 81.9 Å². The number of carbonyl (C=O) groups excluding carboxylic acids is 4. The molecule has 3 aliphatic heterocycles. The van der Waals surface area contributed by atoms with E-state index in [9.17, 15) is 44.5 Å². The lowest BCUT2D eigenvalue weighted by Gasteiger charge is -2.46. The number of fused-ring (bicyclic) bond motifs is 1. The van der Waals surface area contributed by atoms with E-state index in [4.69, 9.17) is 9.47 Å². The number of nitrogens with zero attached hydrogens (tertiary/aromatic N) is 5. The van der Waals surface area contributed by atoms with Gasteiger partial charge in [-0.1, -0.05) is 6.92 Å². The SMILES string of the molecule is C#C.C[C@H]1C(S[C@H]2C[C@@H](C(=O)N(C)C)N(C(=O)OCc3ccc([N+](=O)[O-])cc3)C2)=C(C(=O)OCc2ccc([N+](=O)[O-])cc2)N2C(=O)[C@H]([C@@H](C)O)C12. The normalized spacial score (nSPS) is 22.6. The van der Waals surface area contributed by atoms with E-state index >= 15 is 0 Å². The minimum atomic E-state index is -0.965. The third-order valence-corrected chi connectivity index (χ3v) is 10.3. The first-order valence-corrected chi connectivity index (χ1v) is 16.6. The molecular formula is C34H37N5O11S. The zero-order chi connectivity index (χ0) is 37.7. The van der Waals surface area contributed by atoms with E-state index in [0.717, 1.165) is 0 Å². The highest BCUT2D eigenvalue weighted by molar-refractivity contribution is 8.03. The minimum Gasteiger partial charge on any atom is -0.456 e. The highest BCUT2D eigenvalue weighted by atomic mass is 32.2. The molecule has 2 aromatic carbocycles. The number of terminal acetylenes is 1. The van der Waals surface area contributed by atoms with Crippen molar-refractivity contribution in [3.63, 3.8) is 0 Å². The fourth-order valence-corrected chi connectivity index (χ4v) is 7.86. The number of rotatable bonds is 11. The molecule has 0 bridgehead atoms. The number of carbonyl (C=O) groups is 4. The Morgan fingerprint density at radius 3 is 1.96 bits per heavy atom. The second kappa shape index (κ2) is 16.0. The molecule has 0 saturated carbocycles. The van der Waals surface area contributed by atoms with Gasteiger partial charge >= 0.3 is 12.1 Å². The van der Waals surface area contributed by atoms with Crippen LogP contribution in [0.3, 0.4) is 0 Å². The number of nitro groups is 2. The zero-order valence-electron chi connectivity index (χ0n) is 28.2. The predicted molar refractivity (Wildman–Crippen MR) is 183 cm³/mol. The molecule has 17 heteroatoms. The summed E-state index contributed by atoms with van der Waals surface area (Å²) in [5.74, 6) is -2.66. The molecule has 3 heterocycles. The van der Waals surface area contributed by atoms with Gasteiger partial charge < -0.3 is 24.4 Å². The predicted octanol–water partition coefficient (Wildman–Crippen LogP) is 3.47. The Morgan fingerprint density at radius 2 is 1.49 bits per heavy atom. The summed E-state index contributed by atoms with van der Waals surface area (Å²) in [5.41, 5.74) is 0.814. The topological polar surface area (TPSA) is 203 Å². The van der Waals surface area contributed by atoms with E-state index in [1.54, 1.807) is 14.1 Å². The van der Waals surface area contributed by atoms with Crippen LogP contribution in [-0.4, -0.2) is 97.6 Å². The Morgan fingerprint density at radius 1 is 0.980 bits per heavy atom. The van der Waals surface area contributed by atoms with Crippen LogP contribution in [-0.2, 0) is 37.1 Å². The maximum Gasteiger partial charge on any atom is 0.410 e. The maximum absolute atomic E-state index is 13.6. The van der Waals surface area contributed by atoms with Gasteiger partial charge in [0, 0.05) is 61.0 Å². The van der Waals surface area contributed by atoms with Crippen LogP contribution in [0.1, 0.15) is 31.4 Å². The molecule has 0 aliphatic carbocycles. The average molecular weight is 724 g/mol. The van der Waals surface area contributed by atoms with E-state index < -0.39 is 57.2 Å². The molecule has 1 N–H and O–H groups in total. The second-order valence-corrected chi connectivity index (χ2v) is 13.7. The van der Waals surface area contributed by atoms with Crippen LogP contribution < -0.4 is 0 Å². The van der Waals surface area contributed by atoms with Gasteiger partial charge in [-0.05, 0) is 48.7 Å². The number of aliphatic hydroxyl groups excluding tert-OH is 1. The smallest absolute Gasteiger partial charge is 0.410 e. The number of benzene rings is 2. The lowest BCUT2D eigenvalue weighted by molar-refractivity contribution is -0.385. The van der Waals surface area contributed by atoms with Gasteiger partial charge in [0.05, 0.1) is 27.9 Å². The third kappa shape index (κ3) is 7.97. The Labute approximate surface area is 297 Å². The van der Waals surface area contributed by atoms with Gasteiger partial charge in [-0.2, -0.15) is 0 Å². The molecule has 0 spiro atoms. The van der Waals surface area contributed by atoms with Crippen LogP contribution in [0.25, 0.3) is 0 Å². The van der Waals surface area contributed by atoms with Crippen molar-refractivity contribution in [3.05, 3.63) is 90.5 Å². The molecule has 1 unspecified atom stereocenters. The molecule has 3 amide bonds. The van der Waals surface area contributed by atoms with Crippen LogP contribution >= 0.6 is 11.8 Å². The van der Waals surface area contributed by atoms with Gasteiger partial charge in [-0.15, -0.1) is 24.6 Å². The van der Waals surface area contributed by atoms with Crippen molar-refractivity contribution in [2.45, 2.75) is 56.9 Å². The monoisotopic (exact) mass is 723 g/mol. The Kier molecular flexibility index (Phi) is 12.1. The summed E-state index contributed by atoms with van der Waals surface area (Å²) in [6, 6.07) is 9.66. The van der Waals surface area contributed by atoms with Crippen LogP contribution in [0.2, 0.25) is 0 Å². The molecule has 0 aromatic heterocycles. The Hall–Kier alpha value is -5.47. The van der Waals surface area contributed by atoms with Gasteiger partial charge in [0.1, 0.15) is 25.0 Å². The van der Waals surface area contributed by atoms with Crippen LogP contribution in [0.5, 0.6) is 0 Å². The number of aliphatic hydroxyl groups is 1. The number of hydrogen-bond acceptors (Lipinski definition) is 12. The maximum atomic E-state index is 13.6. The van der Waals surface area contributed by atoms with Crippen molar-refractivity contribution in [2.75, 3.05) is 20.6 Å². The van der Waals surface area contributed by atoms with E-state index in [1.807, 2.05) is 6.92 Å². The number of likely N-dealkylation sites (tertiary alicyclic amines) is 1. The van der Waals surface area contributed by atoms with Crippen molar-refractivity contribution in [2.24, 2.45) is 11.8 Å². The third-order valence-electron chi connectivity index (χ3n) is 8.85. The van der Waals surface area contributed by atoms with Gasteiger partial charge in [-0.3, -0.25) is 34.7 Å². The number of likely N-dealkylation sites (N-methyl/N-ethyl adjacent to an activating group) is 1. The molecule has 270 valence electrons. The first-order valence-electron chi connectivity index (χ1n) is 15.7. The van der Waals surface area contributed by atoms with Gasteiger partial charge in [0.15, 0.2) is 0 Å². The fraction of sp³-hybridized carbons (Fsp3) is 0.412. The van der Waals surface area contributed by atoms with E-state index in [-0.39, 0.29) is 55.1 Å². The second-order valence-electron chi connectivity index (χ2n) is 12.3. The molecule has 16 nitrogen and oxygen atoms in total. The highest BCUT2D eigenvalue weighted by Crippen LogP contribution is 2.52.